The van der Waals surface area contributed by atoms with Crippen LogP contribution in [0.25, 0.3) is 6.08 Å². The second-order valence-corrected chi connectivity index (χ2v) is 8.09. The van der Waals surface area contributed by atoms with Gasteiger partial charge in [0.1, 0.15) is 0 Å². The third kappa shape index (κ3) is 6.09. The van der Waals surface area contributed by atoms with E-state index in [-0.39, 0.29) is 18.5 Å². The molecule has 0 saturated heterocycles. The molecular weight excluding hydrogens is 450 g/mol. The fourth-order valence-corrected chi connectivity index (χ4v) is 4.07. The lowest BCUT2D eigenvalue weighted by atomic mass is 9.95. The normalized spacial score (nSPS) is 15.7. The Morgan fingerprint density at radius 1 is 1.00 bits per heavy atom. The first kappa shape index (κ1) is 25.6. The summed E-state index contributed by atoms with van der Waals surface area (Å²) >= 11 is 0. The number of hydrogen-bond donors (Lipinski definition) is 2. The van der Waals surface area contributed by atoms with Gasteiger partial charge in [-0.15, -0.1) is 0 Å². The summed E-state index contributed by atoms with van der Waals surface area (Å²) < 4.78 is 10.7. The van der Waals surface area contributed by atoms with Gasteiger partial charge in [-0.2, -0.15) is 0 Å². The summed E-state index contributed by atoms with van der Waals surface area (Å²) in [4.78, 5) is 38.5. The predicted octanol–water partition coefficient (Wildman–Crippen LogP) is 4.33. The lowest BCUT2D eigenvalue weighted by Gasteiger charge is -2.27. The minimum atomic E-state index is -0.872. The Hall–Kier alpha value is -4.07. The number of unbranched alkanes of at least 4 members (excludes halogenated alkanes) is 2. The molecule has 1 amide bonds. The van der Waals surface area contributed by atoms with E-state index in [2.05, 4.69) is 0 Å². The molecule has 0 fully saturated rings. The van der Waals surface area contributed by atoms with Gasteiger partial charge in [0.15, 0.2) is 23.0 Å². The fourth-order valence-electron chi connectivity index (χ4n) is 4.07. The highest BCUT2D eigenvalue weighted by atomic mass is 16.5. The van der Waals surface area contributed by atoms with Crippen molar-refractivity contribution in [1.82, 2.24) is 4.90 Å². The third-order valence-corrected chi connectivity index (χ3v) is 5.81. The number of carbonyl (C=O) groups is 3. The van der Waals surface area contributed by atoms with Crippen LogP contribution in [0.2, 0.25) is 0 Å². The number of ether oxygens (including phenoxy) is 2. The Balaban J connectivity index is 1.93. The van der Waals surface area contributed by atoms with Crippen molar-refractivity contribution < 1.29 is 34.1 Å². The molecule has 2 aromatic carbocycles. The van der Waals surface area contributed by atoms with E-state index < -0.39 is 29.5 Å². The molecular formula is C27H29NO7. The van der Waals surface area contributed by atoms with Gasteiger partial charge < -0.3 is 24.6 Å². The molecule has 1 atom stereocenters. The summed E-state index contributed by atoms with van der Waals surface area (Å²) in [6.07, 6.45) is 4.61. The quantitative estimate of drug-likeness (QED) is 0.344. The number of carboxylic acid groups (broad SMARTS) is 1. The number of methoxy groups -OCH3 is 2. The summed E-state index contributed by atoms with van der Waals surface area (Å²) in [5.41, 5.74) is 1.38. The van der Waals surface area contributed by atoms with E-state index in [1.54, 1.807) is 24.3 Å². The van der Waals surface area contributed by atoms with Crippen molar-refractivity contribution >= 4 is 23.7 Å². The highest BCUT2D eigenvalue weighted by Crippen LogP contribution is 2.41. The second kappa shape index (κ2) is 11.9. The Morgan fingerprint density at radius 2 is 1.71 bits per heavy atom. The molecule has 2 aromatic rings. The average Bonchev–Trinajstić information content (AvgIpc) is 3.12. The van der Waals surface area contributed by atoms with E-state index in [9.17, 15) is 19.5 Å². The Bertz CT molecular complexity index is 1140. The number of rotatable bonds is 12. The summed E-state index contributed by atoms with van der Waals surface area (Å²) in [6, 6.07) is 13.5. The molecule has 184 valence electrons. The van der Waals surface area contributed by atoms with Crippen LogP contribution in [0, 0.1) is 0 Å². The summed E-state index contributed by atoms with van der Waals surface area (Å²) in [7, 11) is 3.00. The van der Waals surface area contributed by atoms with Gasteiger partial charge in [-0.05, 0) is 42.2 Å². The topological polar surface area (TPSA) is 113 Å². The van der Waals surface area contributed by atoms with E-state index in [0.29, 0.717) is 36.3 Å². The van der Waals surface area contributed by atoms with Crippen molar-refractivity contribution in [2.24, 2.45) is 0 Å². The number of benzene rings is 2. The molecule has 0 radical (unpaired) electrons. The standard InChI is InChI=1S/C27H29NO7/c1-34-21-15-13-19(17-22(21)35-2)25-24(20(29)14-12-18-9-5-3-6-10-18)26(32)27(33)28(25)16-8-4-7-11-23(30)31/h3,5-6,9-10,12-15,17,25,32H,4,7-8,11,16H2,1-2H3,(H,30,31)/b14-12+. The maximum Gasteiger partial charge on any atom is 0.303 e. The zero-order valence-corrected chi connectivity index (χ0v) is 19.8. The lowest BCUT2D eigenvalue weighted by Crippen LogP contribution is -2.32. The molecule has 35 heavy (non-hydrogen) atoms. The molecule has 0 bridgehead atoms. The Kier molecular flexibility index (Phi) is 8.67. The molecule has 0 saturated carbocycles. The van der Waals surface area contributed by atoms with Gasteiger partial charge in [0.25, 0.3) is 5.91 Å². The molecule has 0 spiro atoms. The molecule has 1 aliphatic heterocycles. The van der Waals surface area contributed by atoms with Crippen molar-refractivity contribution in [2.45, 2.75) is 31.7 Å². The smallest absolute Gasteiger partial charge is 0.303 e. The average molecular weight is 480 g/mol. The zero-order valence-electron chi connectivity index (χ0n) is 19.8. The van der Waals surface area contributed by atoms with Crippen LogP contribution in [-0.2, 0) is 14.4 Å². The lowest BCUT2D eigenvalue weighted by molar-refractivity contribution is -0.137. The second-order valence-electron chi connectivity index (χ2n) is 8.09. The Morgan fingerprint density at radius 3 is 2.37 bits per heavy atom. The number of allylic oxidation sites excluding steroid dienone is 1. The monoisotopic (exact) mass is 479 g/mol. The van der Waals surface area contributed by atoms with E-state index in [0.717, 1.165) is 5.56 Å². The molecule has 1 heterocycles. The molecule has 8 heteroatoms. The van der Waals surface area contributed by atoms with Crippen molar-refractivity contribution in [1.29, 1.82) is 0 Å². The van der Waals surface area contributed by atoms with Crippen LogP contribution < -0.4 is 9.47 Å². The summed E-state index contributed by atoms with van der Waals surface area (Å²) in [5, 5.41) is 19.6. The number of nitrogens with zero attached hydrogens (tertiary/aromatic N) is 1. The van der Waals surface area contributed by atoms with E-state index in [1.807, 2.05) is 30.3 Å². The van der Waals surface area contributed by atoms with Crippen LogP contribution in [0.15, 0.2) is 65.9 Å². The van der Waals surface area contributed by atoms with Crippen LogP contribution in [0.5, 0.6) is 11.5 Å². The van der Waals surface area contributed by atoms with E-state index >= 15 is 0 Å². The number of amides is 1. The van der Waals surface area contributed by atoms with Crippen LogP contribution >= 0.6 is 0 Å². The SMILES string of the molecule is COc1ccc(C2C(C(=O)/C=C/c3ccccc3)=C(O)C(=O)N2CCCCCC(=O)O)cc1OC. The summed E-state index contributed by atoms with van der Waals surface area (Å²) in [6.45, 7) is 0.251. The van der Waals surface area contributed by atoms with E-state index in [1.165, 1.54) is 25.2 Å². The van der Waals surface area contributed by atoms with Crippen LogP contribution in [-0.4, -0.2) is 53.5 Å². The van der Waals surface area contributed by atoms with Crippen molar-refractivity contribution in [2.75, 3.05) is 20.8 Å². The van der Waals surface area contributed by atoms with Crippen molar-refractivity contribution in [3.05, 3.63) is 77.1 Å². The summed E-state index contributed by atoms with van der Waals surface area (Å²) in [5.74, 6) is -1.66. The van der Waals surface area contributed by atoms with Gasteiger partial charge in [0.05, 0.1) is 25.8 Å². The van der Waals surface area contributed by atoms with Crippen LogP contribution in [0.4, 0.5) is 0 Å². The first-order chi connectivity index (χ1) is 16.9. The molecule has 1 aliphatic rings. The number of aliphatic hydroxyl groups excluding tert-OH is 1. The number of ketones is 1. The maximum absolute atomic E-state index is 13.2. The van der Waals surface area contributed by atoms with Gasteiger partial charge in [-0.1, -0.05) is 48.9 Å². The first-order valence-electron chi connectivity index (χ1n) is 11.3. The van der Waals surface area contributed by atoms with Crippen LogP contribution in [0.3, 0.4) is 0 Å². The minimum absolute atomic E-state index is 0.0139. The molecule has 1 unspecified atom stereocenters. The zero-order chi connectivity index (χ0) is 25.4. The van der Waals surface area contributed by atoms with Gasteiger partial charge in [0.2, 0.25) is 0 Å². The van der Waals surface area contributed by atoms with Crippen molar-refractivity contribution in [3.63, 3.8) is 0 Å². The predicted molar refractivity (Wildman–Crippen MR) is 130 cm³/mol. The number of hydrogen-bond acceptors (Lipinski definition) is 6. The van der Waals surface area contributed by atoms with E-state index in [4.69, 9.17) is 14.6 Å². The van der Waals surface area contributed by atoms with Crippen LogP contribution in [0.1, 0.15) is 42.9 Å². The molecule has 0 aromatic heterocycles. The first-order valence-corrected chi connectivity index (χ1v) is 11.3. The highest BCUT2D eigenvalue weighted by Gasteiger charge is 2.42. The maximum atomic E-state index is 13.2. The molecule has 2 N–H and O–H groups in total. The van der Waals surface area contributed by atoms with Gasteiger partial charge in [-0.3, -0.25) is 14.4 Å². The highest BCUT2D eigenvalue weighted by molar-refractivity contribution is 6.14. The number of carbonyl (C=O) groups excluding carboxylic acids is 2. The number of aliphatic hydroxyl groups is 1. The van der Waals surface area contributed by atoms with Crippen molar-refractivity contribution in [3.8, 4) is 11.5 Å². The third-order valence-electron chi connectivity index (χ3n) is 5.81. The Labute approximate surface area is 204 Å². The van der Waals surface area contributed by atoms with Gasteiger partial charge in [0, 0.05) is 13.0 Å². The fraction of sp³-hybridized carbons (Fsp3) is 0.296. The van der Waals surface area contributed by atoms with Gasteiger partial charge >= 0.3 is 5.97 Å². The van der Waals surface area contributed by atoms with Gasteiger partial charge in [-0.25, -0.2) is 0 Å². The molecule has 0 aliphatic carbocycles. The minimum Gasteiger partial charge on any atom is -0.503 e. The molecule has 3 rings (SSSR count). The number of aliphatic carboxylic acids is 1. The number of carboxylic acids is 1. The largest absolute Gasteiger partial charge is 0.503 e. The molecule has 8 nitrogen and oxygen atoms in total.